The summed E-state index contributed by atoms with van der Waals surface area (Å²) in [4.78, 5) is 8.16. The van der Waals surface area contributed by atoms with E-state index in [-0.39, 0.29) is 0 Å². The summed E-state index contributed by atoms with van der Waals surface area (Å²) < 4.78 is 1.28. The maximum absolute atomic E-state index is 6.09. The lowest BCUT2D eigenvalue weighted by Crippen LogP contribution is -2.43. The summed E-state index contributed by atoms with van der Waals surface area (Å²) in [5, 5.41) is 0. The highest BCUT2D eigenvalue weighted by Crippen LogP contribution is 2.34. The summed E-state index contributed by atoms with van der Waals surface area (Å²) in [6.07, 6.45) is 2.95. The van der Waals surface area contributed by atoms with Crippen molar-refractivity contribution in [3.05, 3.63) is 29.3 Å². The Balaban J connectivity index is 1.92. The molecule has 2 aromatic heterocycles. The van der Waals surface area contributed by atoms with E-state index in [9.17, 15) is 0 Å². The number of thiophene rings is 1. The van der Waals surface area contributed by atoms with Gasteiger partial charge in [-0.25, -0.2) is 0 Å². The molecule has 0 saturated carbocycles. The highest BCUT2D eigenvalue weighted by Gasteiger charge is 2.25. The zero-order valence-electron chi connectivity index (χ0n) is 9.97. The number of nitrogens with zero attached hydrogens (tertiary/aromatic N) is 2. The second-order valence-electron chi connectivity index (χ2n) is 4.95. The molecule has 17 heavy (non-hydrogen) atoms. The van der Waals surface area contributed by atoms with Gasteiger partial charge in [0.15, 0.2) is 0 Å². The van der Waals surface area contributed by atoms with Crippen LogP contribution in [0, 0.1) is 0 Å². The lowest BCUT2D eigenvalue weighted by atomic mass is 9.94. The summed E-state index contributed by atoms with van der Waals surface area (Å²) in [5.41, 5.74) is 7.21. The maximum Gasteiger partial charge on any atom is 0.0812 e. The fraction of sp³-hybridized carbons (Fsp3) is 0.462. The van der Waals surface area contributed by atoms with Gasteiger partial charge in [-0.15, -0.1) is 11.3 Å². The van der Waals surface area contributed by atoms with Crippen LogP contribution in [0.4, 0.5) is 0 Å². The van der Waals surface area contributed by atoms with Crippen molar-refractivity contribution in [3.63, 3.8) is 0 Å². The highest BCUT2D eigenvalue weighted by molar-refractivity contribution is 7.19. The van der Waals surface area contributed by atoms with Gasteiger partial charge in [-0.3, -0.25) is 4.98 Å². The quantitative estimate of drug-likeness (QED) is 0.838. The Labute approximate surface area is 105 Å². The molecule has 0 aliphatic carbocycles. The van der Waals surface area contributed by atoms with Crippen molar-refractivity contribution in [1.82, 2.24) is 9.88 Å². The van der Waals surface area contributed by atoms with E-state index in [2.05, 4.69) is 29.1 Å². The Morgan fingerprint density at radius 1 is 1.47 bits per heavy atom. The smallest absolute Gasteiger partial charge is 0.0812 e. The van der Waals surface area contributed by atoms with E-state index in [1.807, 2.05) is 23.6 Å². The number of hydrogen-bond acceptors (Lipinski definition) is 4. The zero-order chi connectivity index (χ0) is 11.8. The van der Waals surface area contributed by atoms with E-state index >= 15 is 0 Å². The molecule has 0 amide bonds. The first-order valence-electron chi connectivity index (χ1n) is 6.01. The van der Waals surface area contributed by atoms with Gasteiger partial charge in [0, 0.05) is 36.1 Å². The van der Waals surface area contributed by atoms with Crippen molar-refractivity contribution in [3.8, 4) is 0 Å². The molecule has 90 valence electrons. The van der Waals surface area contributed by atoms with Crippen LogP contribution in [-0.2, 0) is 0 Å². The third-order valence-corrected chi connectivity index (χ3v) is 4.63. The minimum absolute atomic E-state index is 0.303. The number of likely N-dealkylation sites (tertiary alicyclic amines) is 1. The van der Waals surface area contributed by atoms with Gasteiger partial charge in [0.2, 0.25) is 0 Å². The molecule has 0 radical (unpaired) electrons. The third-order valence-electron chi connectivity index (χ3n) is 3.37. The maximum atomic E-state index is 6.09. The molecular formula is C13H17N3S. The van der Waals surface area contributed by atoms with E-state index < -0.39 is 0 Å². The summed E-state index contributed by atoms with van der Waals surface area (Å²) in [5.74, 6) is 0.572. The van der Waals surface area contributed by atoms with Crippen LogP contribution in [0.1, 0.15) is 17.2 Å². The molecule has 4 heteroatoms. The molecule has 3 heterocycles. The van der Waals surface area contributed by atoms with E-state index in [1.54, 1.807) is 0 Å². The van der Waals surface area contributed by atoms with Crippen LogP contribution in [0.5, 0.6) is 0 Å². The Morgan fingerprint density at radius 3 is 3.12 bits per heavy atom. The molecule has 0 aromatic carbocycles. The summed E-state index contributed by atoms with van der Waals surface area (Å²) in [7, 11) is 2.15. The van der Waals surface area contributed by atoms with E-state index in [0.717, 1.165) is 25.0 Å². The number of pyridine rings is 1. The second kappa shape index (κ2) is 4.37. The molecule has 0 spiro atoms. The van der Waals surface area contributed by atoms with Crippen molar-refractivity contribution < 1.29 is 0 Å². The molecule has 1 fully saturated rings. The first-order chi connectivity index (χ1) is 8.22. The number of fused-ring (bicyclic) bond motifs is 1. The van der Waals surface area contributed by atoms with Crippen molar-refractivity contribution >= 4 is 21.6 Å². The molecule has 2 unspecified atom stereocenters. The number of rotatable bonds is 1. The average Bonchev–Trinajstić information content (AvgIpc) is 2.71. The van der Waals surface area contributed by atoms with Gasteiger partial charge in [-0.1, -0.05) is 0 Å². The summed E-state index contributed by atoms with van der Waals surface area (Å²) in [6.45, 7) is 2.13. The van der Waals surface area contributed by atoms with Crippen LogP contribution in [0.3, 0.4) is 0 Å². The van der Waals surface area contributed by atoms with Crippen LogP contribution in [0.2, 0.25) is 0 Å². The first-order valence-corrected chi connectivity index (χ1v) is 6.82. The number of piperidine rings is 1. The first kappa shape index (κ1) is 11.1. The lowest BCUT2D eigenvalue weighted by molar-refractivity contribution is 0.228. The minimum Gasteiger partial charge on any atom is -0.327 e. The van der Waals surface area contributed by atoms with Crippen LogP contribution in [-0.4, -0.2) is 36.1 Å². The van der Waals surface area contributed by atoms with Crippen LogP contribution >= 0.6 is 11.3 Å². The van der Waals surface area contributed by atoms with Gasteiger partial charge in [-0.05, 0) is 31.7 Å². The molecule has 1 aliphatic rings. The third kappa shape index (κ3) is 2.20. The van der Waals surface area contributed by atoms with Gasteiger partial charge >= 0.3 is 0 Å². The SMILES string of the molecule is CN1CC(N)CC(c2cc3ncccc3s2)C1. The molecule has 2 N–H and O–H groups in total. The van der Waals surface area contributed by atoms with E-state index in [4.69, 9.17) is 5.73 Å². The number of hydrogen-bond donors (Lipinski definition) is 1. The fourth-order valence-electron chi connectivity index (χ4n) is 2.66. The Morgan fingerprint density at radius 2 is 2.35 bits per heavy atom. The molecule has 1 aliphatic heterocycles. The molecule has 0 bridgehead atoms. The van der Waals surface area contributed by atoms with Gasteiger partial charge in [-0.2, -0.15) is 0 Å². The molecule has 3 nitrogen and oxygen atoms in total. The fourth-order valence-corrected chi connectivity index (χ4v) is 3.79. The number of aromatic nitrogens is 1. The largest absolute Gasteiger partial charge is 0.327 e. The van der Waals surface area contributed by atoms with E-state index in [0.29, 0.717) is 12.0 Å². The summed E-state index contributed by atoms with van der Waals surface area (Å²) in [6, 6.07) is 6.68. The summed E-state index contributed by atoms with van der Waals surface area (Å²) >= 11 is 1.86. The topological polar surface area (TPSA) is 42.1 Å². The molecule has 2 aromatic rings. The zero-order valence-corrected chi connectivity index (χ0v) is 10.8. The predicted octanol–water partition coefficient (Wildman–Crippen LogP) is 2.04. The van der Waals surface area contributed by atoms with Crippen molar-refractivity contribution in [2.75, 3.05) is 20.1 Å². The molecule has 3 rings (SSSR count). The number of likely N-dealkylation sites (N-methyl/N-ethyl adjacent to an activating group) is 1. The van der Waals surface area contributed by atoms with Crippen molar-refractivity contribution in [2.24, 2.45) is 5.73 Å². The van der Waals surface area contributed by atoms with Crippen LogP contribution < -0.4 is 5.73 Å². The number of nitrogens with two attached hydrogens (primary N) is 1. The van der Waals surface area contributed by atoms with Crippen molar-refractivity contribution in [2.45, 2.75) is 18.4 Å². The van der Waals surface area contributed by atoms with Gasteiger partial charge in [0.25, 0.3) is 0 Å². The van der Waals surface area contributed by atoms with Crippen LogP contribution in [0.25, 0.3) is 10.2 Å². The Bertz CT molecular complexity index is 479. The normalized spacial score (nSPS) is 26.5. The van der Waals surface area contributed by atoms with Gasteiger partial charge < -0.3 is 10.6 Å². The van der Waals surface area contributed by atoms with Crippen molar-refractivity contribution in [1.29, 1.82) is 0 Å². The van der Waals surface area contributed by atoms with Gasteiger partial charge in [0.05, 0.1) is 10.2 Å². The molecule has 1 saturated heterocycles. The monoisotopic (exact) mass is 247 g/mol. The molecule has 2 atom stereocenters. The average molecular weight is 247 g/mol. The van der Waals surface area contributed by atoms with E-state index in [1.165, 1.54) is 9.58 Å². The second-order valence-corrected chi connectivity index (χ2v) is 6.06. The standard InChI is InChI=1S/C13H17N3S/c1-16-7-9(5-10(14)8-16)13-6-11-12(17-13)3-2-4-15-11/h2-4,6,9-10H,5,7-8,14H2,1H3. The Hall–Kier alpha value is -0.970. The predicted molar refractivity (Wildman–Crippen MR) is 72.5 cm³/mol. The van der Waals surface area contributed by atoms with Crippen LogP contribution in [0.15, 0.2) is 24.4 Å². The minimum atomic E-state index is 0.303. The lowest BCUT2D eigenvalue weighted by Gasteiger charge is -2.33. The highest BCUT2D eigenvalue weighted by atomic mass is 32.1. The Kier molecular flexibility index (Phi) is 2.86. The van der Waals surface area contributed by atoms with Gasteiger partial charge in [0.1, 0.15) is 0 Å². The molecular weight excluding hydrogens is 230 g/mol.